The Morgan fingerprint density at radius 1 is 1.07 bits per heavy atom. The van der Waals surface area contributed by atoms with Gasteiger partial charge in [-0.05, 0) is 39.0 Å². The molecule has 0 aliphatic heterocycles. The van der Waals surface area contributed by atoms with Crippen molar-refractivity contribution in [2.45, 2.75) is 38.2 Å². The molecule has 2 aromatic carbocycles. The number of para-hydroxylation sites is 1. The third-order valence-corrected chi connectivity index (χ3v) is 6.25. The zero-order valence-corrected chi connectivity index (χ0v) is 17.9. The van der Waals surface area contributed by atoms with Gasteiger partial charge in [-0.1, -0.05) is 35.9 Å². The molecule has 0 saturated heterocycles. The Hall–Kier alpha value is -2.97. The van der Waals surface area contributed by atoms with Crippen molar-refractivity contribution < 1.29 is 22.7 Å². The summed E-state index contributed by atoms with van der Waals surface area (Å²) >= 11 is 0. The number of carbonyl (C=O) groups excluding carboxylic acids is 2. The maximum absolute atomic E-state index is 12.8. The van der Waals surface area contributed by atoms with E-state index in [1.54, 1.807) is 19.1 Å². The zero-order chi connectivity index (χ0) is 21.9. The summed E-state index contributed by atoms with van der Waals surface area (Å²) in [6.07, 6.45) is -1.17. The van der Waals surface area contributed by atoms with Crippen molar-refractivity contribution in [2.24, 2.45) is 0 Å². The fourth-order valence-electron chi connectivity index (χ4n) is 3.20. The second kappa shape index (κ2) is 8.81. The predicted molar refractivity (Wildman–Crippen MR) is 114 cm³/mol. The van der Waals surface area contributed by atoms with Gasteiger partial charge in [-0.15, -0.1) is 0 Å². The number of benzene rings is 2. The average Bonchev–Trinajstić information content (AvgIpc) is 3.03. The van der Waals surface area contributed by atoms with E-state index >= 15 is 0 Å². The molecule has 0 amide bonds. The largest absolute Gasteiger partial charge is 0.454 e. The van der Waals surface area contributed by atoms with Crippen molar-refractivity contribution in [1.29, 1.82) is 0 Å². The molecule has 1 heterocycles. The highest BCUT2D eigenvalue weighted by Gasteiger charge is 2.24. The summed E-state index contributed by atoms with van der Waals surface area (Å²) in [6, 6.07) is 13.8. The van der Waals surface area contributed by atoms with E-state index in [9.17, 15) is 18.0 Å². The molecule has 0 saturated carbocycles. The molecule has 1 atom stereocenters. The van der Waals surface area contributed by atoms with Crippen LogP contribution in [0.1, 0.15) is 35.0 Å². The summed E-state index contributed by atoms with van der Waals surface area (Å²) in [6.45, 7) is 5.04. The van der Waals surface area contributed by atoms with Crippen LogP contribution < -0.4 is 4.72 Å². The van der Waals surface area contributed by atoms with E-state index in [0.717, 1.165) is 16.5 Å². The number of ketones is 1. The number of Topliss-reactive ketones (excluding diaryl/α,β-unsaturated/α-hetero) is 1. The molecule has 158 valence electrons. The third kappa shape index (κ3) is 4.77. The zero-order valence-electron chi connectivity index (χ0n) is 17.1. The average molecular weight is 429 g/mol. The van der Waals surface area contributed by atoms with E-state index in [-0.39, 0.29) is 23.6 Å². The van der Waals surface area contributed by atoms with Gasteiger partial charge in [-0.25, -0.2) is 13.1 Å². The highest BCUT2D eigenvalue weighted by Crippen LogP contribution is 2.24. The number of carbonyl (C=O) groups is 2. The minimum atomic E-state index is -3.71. The lowest BCUT2D eigenvalue weighted by atomic mass is 10.0. The van der Waals surface area contributed by atoms with Gasteiger partial charge >= 0.3 is 5.97 Å². The fourth-order valence-corrected chi connectivity index (χ4v) is 4.23. The Labute approximate surface area is 175 Å². The van der Waals surface area contributed by atoms with Gasteiger partial charge < -0.3 is 9.72 Å². The first-order chi connectivity index (χ1) is 14.2. The van der Waals surface area contributed by atoms with Crippen molar-refractivity contribution in [3.63, 3.8) is 0 Å². The van der Waals surface area contributed by atoms with Gasteiger partial charge in [0.05, 0.1) is 11.3 Å². The number of hydrogen-bond acceptors (Lipinski definition) is 5. The molecule has 30 heavy (non-hydrogen) atoms. The standard InChI is InChI=1S/C22H24N2O5S/c1-14-8-10-17(11-9-14)30(27,28)23-13-12-20(25)29-16(3)22(26)21-15(2)24-19-7-5-4-6-18(19)21/h4-11,16,23-24H,12-13H2,1-3H3. The van der Waals surface area contributed by atoms with Crippen LogP contribution in [0.4, 0.5) is 0 Å². The van der Waals surface area contributed by atoms with Gasteiger partial charge in [-0.3, -0.25) is 9.59 Å². The smallest absolute Gasteiger partial charge is 0.307 e. The van der Waals surface area contributed by atoms with Crippen LogP contribution in [0.3, 0.4) is 0 Å². The number of aromatic nitrogens is 1. The predicted octanol–water partition coefficient (Wildman–Crippen LogP) is 3.27. The number of ether oxygens (including phenoxy) is 1. The lowest BCUT2D eigenvalue weighted by molar-refractivity contribution is -0.146. The number of H-pyrrole nitrogens is 1. The molecule has 0 spiro atoms. The van der Waals surface area contributed by atoms with Gasteiger partial charge in [0.2, 0.25) is 15.8 Å². The lowest BCUT2D eigenvalue weighted by Gasteiger charge is -2.13. The maximum Gasteiger partial charge on any atom is 0.307 e. The summed E-state index contributed by atoms with van der Waals surface area (Å²) in [5.41, 5.74) is 2.98. The SMILES string of the molecule is Cc1ccc(S(=O)(=O)NCCC(=O)OC(C)C(=O)c2c(C)[nH]c3ccccc23)cc1. The van der Waals surface area contributed by atoms with E-state index in [4.69, 9.17) is 4.74 Å². The van der Waals surface area contributed by atoms with Crippen LogP contribution >= 0.6 is 0 Å². The summed E-state index contributed by atoms with van der Waals surface area (Å²) in [4.78, 5) is 28.2. The topological polar surface area (TPSA) is 105 Å². The van der Waals surface area contributed by atoms with E-state index in [2.05, 4.69) is 9.71 Å². The summed E-state index contributed by atoms with van der Waals surface area (Å²) < 4.78 is 32.1. The molecule has 1 unspecified atom stereocenters. The first-order valence-electron chi connectivity index (χ1n) is 9.56. The quantitative estimate of drug-likeness (QED) is 0.423. The highest BCUT2D eigenvalue weighted by molar-refractivity contribution is 7.89. The van der Waals surface area contributed by atoms with Crippen molar-refractivity contribution in [3.05, 3.63) is 65.4 Å². The van der Waals surface area contributed by atoms with Crippen molar-refractivity contribution in [2.75, 3.05) is 6.54 Å². The molecule has 1 aromatic heterocycles. The van der Waals surface area contributed by atoms with Gasteiger partial charge in [0.1, 0.15) is 0 Å². The molecule has 3 rings (SSSR count). The van der Waals surface area contributed by atoms with Gasteiger partial charge in [0.15, 0.2) is 6.10 Å². The number of rotatable bonds is 8. The number of nitrogens with one attached hydrogen (secondary N) is 2. The molecule has 7 nitrogen and oxygen atoms in total. The minimum absolute atomic E-state index is 0.123. The van der Waals surface area contributed by atoms with Crippen molar-refractivity contribution >= 4 is 32.7 Å². The number of aryl methyl sites for hydroxylation is 2. The van der Waals surface area contributed by atoms with Gasteiger partial charge in [0, 0.05) is 28.7 Å². The second-order valence-electron chi connectivity index (χ2n) is 7.13. The van der Waals surface area contributed by atoms with Crippen molar-refractivity contribution in [3.8, 4) is 0 Å². The second-order valence-corrected chi connectivity index (χ2v) is 8.89. The Morgan fingerprint density at radius 3 is 2.43 bits per heavy atom. The Morgan fingerprint density at radius 2 is 1.73 bits per heavy atom. The number of fused-ring (bicyclic) bond motifs is 1. The molecular weight excluding hydrogens is 404 g/mol. The molecule has 0 radical (unpaired) electrons. The third-order valence-electron chi connectivity index (χ3n) is 4.77. The maximum atomic E-state index is 12.8. The van der Waals surface area contributed by atoms with Crippen LogP contribution in [0.25, 0.3) is 10.9 Å². The Balaban J connectivity index is 1.57. The van der Waals surface area contributed by atoms with Crippen LogP contribution in [0, 0.1) is 13.8 Å². The summed E-state index contributed by atoms with van der Waals surface area (Å²) in [7, 11) is -3.71. The minimum Gasteiger partial charge on any atom is -0.454 e. The van der Waals surface area contributed by atoms with Crippen LogP contribution in [0.5, 0.6) is 0 Å². The van der Waals surface area contributed by atoms with E-state index in [1.165, 1.54) is 19.1 Å². The van der Waals surface area contributed by atoms with Crippen molar-refractivity contribution in [1.82, 2.24) is 9.71 Å². The lowest BCUT2D eigenvalue weighted by Crippen LogP contribution is -2.29. The van der Waals surface area contributed by atoms with Crippen LogP contribution in [0.15, 0.2) is 53.4 Å². The normalized spacial score (nSPS) is 12.6. The van der Waals surface area contributed by atoms with E-state index in [0.29, 0.717) is 11.3 Å². The summed E-state index contributed by atoms with van der Waals surface area (Å²) in [5, 5.41) is 0.772. The first-order valence-corrected chi connectivity index (χ1v) is 11.0. The van der Waals surface area contributed by atoms with Gasteiger partial charge in [-0.2, -0.15) is 0 Å². The Bertz CT molecular complexity index is 1180. The molecular formula is C22H24N2O5S. The number of hydrogen-bond donors (Lipinski definition) is 2. The molecule has 0 fully saturated rings. The monoisotopic (exact) mass is 428 g/mol. The molecule has 2 N–H and O–H groups in total. The van der Waals surface area contributed by atoms with Crippen LogP contribution in [0.2, 0.25) is 0 Å². The first kappa shape index (κ1) is 21.7. The number of sulfonamides is 1. The molecule has 3 aromatic rings. The number of aromatic amines is 1. The fraction of sp³-hybridized carbons (Fsp3) is 0.273. The molecule has 8 heteroatoms. The van der Waals surface area contributed by atoms with E-state index < -0.39 is 22.1 Å². The van der Waals surface area contributed by atoms with E-state index in [1.807, 2.05) is 31.2 Å². The molecule has 0 aliphatic carbocycles. The molecule has 0 bridgehead atoms. The number of esters is 1. The van der Waals surface area contributed by atoms with Crippen LogP contribution in [-0.4, -0.2) is 37.8 Å². The Kier molecular flexibility index (Phi) is 6.38. The summed E-state index contributed by atoms with van der Waals surface area (Å²) in [5.74, 6) is -0.960. The molecule has 0 aliphatic rings. The van der Waals surface area contributed by atoms with Gasteiger partial charge in [0.25, 0.3) is 0 Å². The van der Waals surface area contributed by atoms with Crippen LogP contribution in [-0.2, 0) is 19.6 Å². The highest BCUT2D eigenvalue weighted by atomic mass is 32.2.